The zero-order valence-electron chi connectivity index (χ0n) is 8.14. The van der Waals surface area contributed by atoms with Gasteiger partial charge < -0.3 is 11.6 Å². The Bertz CT molecular complexity index is 756. The van der Waals surface area contributed by atoms with Crippen LogP contribution >= 0.6 is 0 Å². The number of nitrogen functional groups attached to an aromatic ring is 2. The van der Waals surface area contributed by atoms with Crippen LogP contribution in [0.15, 0.2) is 23.3 Å². The van der Waals surface area contributed by atoms with Gasteiger partial charge in [-0.3, -0.25) is 9.78 Å². The molecule has 80 valence electrons. The summed E-state index contributed by atoms with van der Waals surface area (Å²) >= 11 is 0. The molecule has 0 bridgehead atoms. The van der Waals surface area contributed by atoms with E-state index >= 15 is 0 Å². The van der Waals surface area contributed by atoms with Gasteiger partial charge in [-0.25, -0.2) is 14.6 Å². The van der Waals surface area contributed by atoms with E-state index in [1.807, 2.05) is 0 Å². The van der Waals surface area contributed by atoms with Crippen molar-refractivity contribution in [1.82, 2.24) is 19.6 Å². The quantitative estimate of drug-likeness (QED) is 0.441. The lowest BCUT2D eigenvalue weighted by Crippen LogP contribution is -2.11. The topological polar surface area (TPSA) is 116 Å². The number of imidazole rings is 1. The molecule has 3 rings (SSSR count). The Labute approximate surface area is 88.7 Å². The molecule has 7 nitrogen and oxygen atoms in total. The van der Waals surface area contributed by atoms with Crippen LogP contribution in [0.3, 0.4) is 0 Å². The highest BCUT2D eigenvalue weighted by molar-refractivity contribution is 5.93. The van der Waals surface area contributed by atoms with E-state index in [1.165, 1.54) is 11.0 Å². The molecule has 0 atom stereocenters. The third-order valence-electron chi connectivity index (χ3n) is 2.42. The lowest BCUT2D eigenvalue weighted by atomic mass is 10.2. The number of hydrogen-bond acceptors (Lipinski definition) is 5. The molecule has 0 saturated heterocycles. The second-order valence-electron chi connectivity index (χ2n) is 3.46. The summed E-state index contributed by atoms with van der Waals surface area (Å²) in [6.07, 6.45) is 1.47. The van der Waals surface area contributed by atoms with Gasteiger partial charge in [0.05, 0.1) is 21.9 Å². The van der Waals surface area contributed by atoms with Crippen LogP contribution in [0.2, 0.25) is 0 Å². The standard InChI is InChI=1S/C9H8N6O/c10-9-13-5-2-7-6(12-3-15(7)11)1-4(5)8(16)14-9/h1-3H,11H2,(H3,10,13,14,16). The Morgan fingerprint density at radius 3 is 2.94 bits per heavy atom. The normalized spacial score (nSPS) is 11.2. The number of H-pyrrole nitrogens is 1. The average molecular weight is 216 g/mol. The van der Waals surface area contributed by atoms with Crippen molar-refractivity contribution in [3.8, 4) is 0 Å². The van der Waals surface area contributed by atoms with E-state index in [9.17, 15) is 4.79 Å². The van der Waals surface area contributed by atoms with Gasteiger partial charge in [0.1, 0.15) is 6.33 Å². The lowest BCUT2D eigenvalue weighted by molar-refractivity contribution is 1.04. The van der Waals surface area contributed by atoms with Crippen LogP contribution in [0.1, 0.15) is 0 Å². The first-order valence-corrected chi connectivity index (χ1v) is 4.57. The third-order valence-corrected chi connectivity index (χ3v) is 2.42. The van der Waals surface area contributed by atoms with Crippen molar-refractivity contribution < 1.29 is 0 Å². The van der Waals surface area contributed by atoms with E-state index in [0.717, 1.165) is 0 Å². The molecule has 7 heteroatoms. The van der Waals surface area contributed by atoms with Crippen LogP contribution in [0.4, 0.5) is 5.95 Å². The van der Waals surface area contributed by atoms with Gasteiger partial charge in [-0.05, 0) is 12.1 Å². The Hall–Kier alpha value is -2.57. The zero-order valence-corrected chi connectivity index (χ0v) is 8.14. The van der Waals surface area contributed by atoms with Gasteiger partial charge in [0.15, 0.2) is 0 Å². The van der Waals surface area contributed by atoms with Crippen LogP contribution in [0.25, 0.3) is 21.9 Å². The number of nitrogens with zero attached hydrogens (tertiary/aromatic N) is 3. The number of benzene rings is 1. The minimum Gasteiger partial charge on any atom is -0.369 e. The molecular weight excluding hydrogens is 208 g/mol. The van der Waals surface area contributed by atoms with E-state index in [0.29, 0.717) is 21.9 Å². The maximum absolute atomic E-state index is 11.6. The average Bonchev–Trinajstić information content (AvgIpc) is 2.58. The number of nitrogens with two attached hydrogens (primary N) is 2. The van der Waals surface area contributed by atoms with Crippen molar-refractivity contribution in [2.75, 3.05) is 11.6 Å². The number of aromatic nitrogens is 4. The molecule has 5 N–H and O–H groups in total. The molecule has 3 aromatic rings. The minimum absolute atomic E-state index is 0.0833. The number of hydrogen-bond donors (Lipinski definition) is 3. The maximum atomic E-state index is 11.6. The van der Waals surface area contributed by atoms with Gasteiger partial charge in [-0.15, -0.1) is 0 Å². The van der Waals surface area contributed by atoms with Gasteiger partial charge in [0.2, 0.25) is 5.95 Å². The summed E-state index contributed by atoms with van der Waals surface area (Å²) in [5, 5.41) is 0.445. The first kappa shape index (κ1) is 8.72. The summed E-state index contributed by atoms with van der Waals surface area (Å²) in [4.78, 5) is 22.1. The highest BCUT2D eigenvalue weighted by Gasteiger charge is 2.07. The molecular formula is C9H8N6O. The lowest BCUT2D eigenvalue weighted by Gasteiger charge is -1.99. The number of fused-ring (bicyclic) bond motifs is 2. The molecule has 0 fully saturated rings. The van der Waals surface area contributed by atoms with Crippen molar-refractivity contribution in [3.63, 3.8) is 0 Å². The van der Waals surface area contributed by atoms with Gasteiger partial charge >= 0.3 is 0 Å². The smallest absolute Gasteiger partial charge is 0.260 e. The van der Waals surface area contributed by atoms with Crippen LogP contribution in [-0.2, 0) is 0 Å². The first-order chi connectivity index (χ1) is 7.65. The Morgan fingerprint density at radius 1 is 1.31 bits per heavy atom. The first-order valence-electron chi connectivity index (χ1n) is 4.57. The highest BCUT2D eigenvalue weighted by atomic mass is 16.1. The van der Waals surface area contributed by atoms with E-state index in [1.54, 1.807) is 12.1 Å². The van der Waals surface area contributed by atoms with Gasteiger partial charge in [0, 0.05) is 0 Å². The Morgan fingerprint density at radius 2 is 2.12 bits per heavy atom. The number of anilines is 1. The fourth-order valence-electron chi connectivity index (χ4n) is 1.68. The highest BCUT2D eigenvalue weighted by Crippen LogP contribution is 2.17. The summed E-state index contributed by atoms with van der Waals surface area (Å²) in [5.74, 6) is 5.74. The van der Waals surface area contributed by atoms with Crippen molar-refractivity contribution >= 4 is 27.9 Å². The van der Waals surface area contributed by atoms with Crippen LogP contribution in [0, 0.1) is 0 Å². The van der Waals surface area contributed by atoms with E-state index in [4.69, 9.17) is 11.6 Å². The van der Waals surface area contributed by atoms with Gasteiger partial charge in [-0.1, -0.05) is 0 Å². The molecule has 1 aromatic carbocycles. The molecule has 0 aliphatic rings. The third kappa shape index (κ3) is 1.05. The van der Waals surface area contributed by atoms with E-state index in [-0.39, 0.29) is 11.5 Å². The summed E-state index contributed by atoms with van der Waals surface area (Å²) in [7, 11) is 0. The summed E-state index contributed by atoms with van der Waals surface area (Å²) in [6.45, 7) is 0. The van der Waals surface area contributed by atoms with Crippen LogP contribution < -0.4 is 17.1 Å². The van der Waals surface area contributed by atoms with E-state index < -0.39 is 0 Å². The van der Waals surface area contributed by atoms with Crippen molar-refractivity contribution in [2.24, 2.45) is 0 Å². The Balaban J connectivity index is 2.58. The fourth-order valence-corrected chi connectivity index (χ4v) is 1.68. The molecule has 0 unspecified atom stereocenters. The minimum atomic E-state index is -0.282. The van der Waals surface area contributed by atoms with Gasteiger partial charge in [0.25, 0.3) is 5.56 Å². The van der Waals surface area contributed by atoms with Crippen molar-refractivity contribution in [2.45, 2.75) is 0 Å². The fraction of sp³-hybridized carbons (Fsp3) is 0. The SMILES string of the molecule is Nc1nc2cc3c(cc2c(=O)[nH]1)ncn3N. The van der Waals surface area contributed by atoms with Gasteiger partial charge in [-0.2, -0.15) is 0 Å². The molecule has 0 aliphatic heterocycles. The Kier molecular flexibility index (Phi) is 1.48. The molecule has 16 heavy (non-hydrogen) atoms. The molecule has 2 heterocycles. The zero-order chi connectivity index (χ0) is 11.3. The molecule has 0 spiro atoms. The van der Waals surface area contributed by atoms with Crippen LogP contribution in [-0.4, -0.2) is 19.6 Å². The summed E-state index contributed by atoms with van der Waals surface area (Å²) in [6, 6.07) is 3.32. The predicted octanol–water partition coefficient (Wildman–Crippen LogP) is -0.431. The summed E-state index contributed by atoms with van der Waals surface area (Å²) in [5.41, 5.74) is 7.03. The number of rotatable bonds is 0. The van der Waals surface area contributed by atoms with Crippen molar-refractivity contribution in [1.29, 1.82) is 0 Å². The second kappa shape index (κ2) is 2.72. The monoisotopic (exact) mass is 216 g/mol. The second-order valence-corrected chi connectivity index (χ2v) is 3.46. The largest absolute Gasteiger partial charge is 0.369 e. The molecule has 0 saturated carbocycles. The predicted molar refractivity (Wildman–Crippen MR) is 60.2 cm³/mol. The molecule has 2 aromatic heterocycles. The van der Waals surface area contributed by atoms with Crippen LogP contribution in [0.5, 0.6) is 0 Å². The number of aromatic amines is 1. The van der Waals surface area contributed by atoms with E-state index in [2.05, 4.69) is 15.0 Å². The molecule has 0 radical (unpaired) electrons. The molecule has 0 amide bonds. The number of nitrogens with one attached hydrogen (secondary N) is 1. The maximum Gasteiger partial charge on any atom is 0.260 e. The summed E-state index contributed by atoms with van der Waals surface area (Å²) < 4.78 is 1.37. The molecule has 0 aliphatic carbocycles. The van der Waals surface area contributed by atoms with Crippen molar-refractivity contribution in [3.05, 3.63) is 28.8 Å².